The van der Waals surface area contributed by atoms with Gasteiger partial charge in [-0.25, -0.2) is 0 Å². The van der Waals surface area contributed by atoms with Gasteiger partial charge in [-0.2, -0.15) is 0 Å². The summed E-state index contributed by atoms with van der Waals surface area (Å²) in [7, 11) is 2.07. The van der Waals surface area contributed by atoms with Crippen LogP contribution in [0.3, 0.4) is 0 Å². The molecule has 1 aromatic rings. The maximum Gasteiger partial charge on any atom is 0.251 e. The van der Waals surface area contributed by atoms with Crippen molar-refractivity contribution >= 4 is 23.2 Å². The third-order valence-corrected chi connectivity index (χ3v) is 8.13. The molecule has 0 spiro atoms. The van der Waals surface area contributed by atoms with Crippen LogP contribution in [0.15, 0.2) is 42.0 Å². The molecule has 3 unspecified atom stereocenters. The topological polar surface area (TPSA) is 73.5 Å². The number of benzene rings is 1. The molecule has 3 atom stereocenters. The Morgan fingerprint density at radius 1 is 1.00 bits per heavy atom. The van der Waals surface area contributed by atoms with Gasteiger partial charge in [0.05, 0.1) is 17.4 Å². The van der Waals surface area contributed by atoms with Gasteiger partial charge in [0.2, 0.25) is 5.91 Å². The molecule has 2 fully saturated rings. The van der Waals surface area contributed by atoms with Gasteiger partial charge < -0.3 is 20.9 Å². The summed E-state index contributed by atoms with van der Waals surface area (Å²) < 4.78 is 0. The van der Waals surface area contributed by atoms with Crippen molar-refractivity contribution in [1.82, 2.24) is 10.6 Å². The number of fused-ring (bicyclic) bond motifs is 1. The zero-order valence-corrected chi connectivity index (χ0v) is 20.5. The highest BCUT2D eigenvalue weighted by Crippen LogP contribution is 2.38. The van der Waals surface area contributed by atoms with E-state index in [1.54, 1.807) is 0 Å². The van der Waals surface area contributed by atoms with Crippen LogP contribution in [0, 0.1) is 11.8 Å². The molecule has 5 rings (SSSR count). The van der Waals surface area contributed by atoms with E-state index < -0.39 is 0 Å². The average molecular weight is 463 g/mol. The van der Waals surface area contributed by atoms with Gasteiger partial charge in [0.15, 0.2) is 0 Å². The zero-order chi connectivity index (χ0) is 23.7. The minimum atomic E-state index is 0.0110. The average Bonchev–Trinajstić information content (AvgIpc) is 3.49. The van der Waals surface area contributed by atoms with Crippen LogP contribution < -0.4 is 20.9 Å². The first kappa shape index (κ1) is 23.0. The number of carbonyl (C=O) groups excluding carboxylic acids is 2. The van der Waals surface area contributed by atoms with Crippen molar-refractivity contribution in [3.63, 3.8) is 0 Å². The summed E-state index contributed by atoms with van der Waals surface area (Å²) in [5, 5.41) is 10.1. The summed E-state index contributed by atoms with van der Waals surface area (Å²) in [5.74, 6) is 0.643. The van der Waals surface area contributed by atoms with Crippen molar-refractivity contribution in [1.29, 1.82) is 0 Å². The Bertz CT molecular complexity index is 988. The molecule has 0 saturated heterocycles. The van der Waals surface area contributed by atoms with Crippen molar-refractivity contribution in [2.24, 2.45) is 11.8 Å². The lowest BCUT2D eigenvalue weighted by molar-refractivity contribution is -0.125. The monoisotopic (exact) mass is 462 g/mol. The van der Waals surface area contributed by atoms with Crippen LogP contribution in [0.2, 0.25) is 0 Å². The fourth-order valence-corrected chi connectivity index (χ4v) is 5.98. The van der Waals surface area contributed by atoms with Gasteiger partial charge in [-0.15, -0.1) is 0 Å². The molecular weight excluding hydrogens is 424 g/mol. The molecule has 0 bridgehead atoms. The first-order chi connectivity index (χ1) is 16.5. The summed E-state index contributed by atoms with van der Waals surface area (Å²) in [6.45, 7) is 2.17. The Morgan fingerprint density at radius 2 is 1.74 bits per heavy atom. The summed E-state index contributed by atoms with van der Waals surface area (Å²) in [5.41, 5.74) is 3.99. The Kier molecular flexibility index (Phi) is 6.66. The van der Waals surface area contributed by atoms with Gasteiger partial charge in [-0.3, -0.25) is 9.59 Å². The van der Waals surface area contributed by atoms with Crippen molar-refractivity contribution < 1.29 is 9.59 Å². The Labute approximate surface area is 203 Å². The molecule has 6 nitrogen and oxygen atoms in total. The molecule has 0 aromatic heterocycles. The van der Waals surface area contributed by atoms with E-state index in [1.165, 1.54) is 37.7 Å². The highest BCUT2D eigenvalue weighted by atomic mass is 16.2. The molecule has 1 heterocycles. The van der Waals surface area contributed by atoms with E-state index in [0.29, 0.717) is 6.04 Å². The second-order valence-corrected chi connectivity index (χ2v) is 10.6. The Balaban J connectivity index is 1.23. The van der Waals surface area contributed by atoms with Crippen LogP contribution in [0.25, 0.3) is 0 Å². The number of nitrogens with zero attached hydrogens (tertiary/aromatic N) is 1. The Morgan fingerprint density at radius 3 is 2.47 bits per heavy atom. The number of carbonyl (C=O) groups is 2. The van der Waals surface area contributed by atoms with E-state index >= 15 is 0 Å². The summed E-state index contributed by atoms with van der Waals surface area (Å²) >= 11 is 0. The van der Waals surface area contributed by atoms with Crippen LogP contribution in [0.5, 0.6) is 0 Å². The SMILES string of the molecule is CC1C=C(C2Nc3ccc(C(=O)NC4CCCCC4)cc3N2C)C=CC1NC(=O)C1CCCC1. The van der Waals surface area contributed by atoms with Crippen molar-refractivity contribution in [3.05, 3.63) is 47.6 Å². The Hall–Kier alpha value is -2.76. The molecule has 6 heteroatoms. The van der Waals surface area contributed by atoms with Gasteiger partial charge in [0.25, 0.3) is 5.91 Å². The largest absolute Gasteiger partial charge is 0.360 e. The number of anilines is 2. The highest BCUT2D eigenvalue weighted by Gasteiger charge is 2.32. The van der Waals surface area contributed by atoms with Crippen LogP contribution in [-0.2, 0) is 4.79 Å². The number of nitrogens with one attached hydrogen (secondary N) is 3. The first-order valence-electron chi connectivity index (χ1n) is 13.1. The molecule has 1 aromatic carbocycles. The second kappa shape index (κ2) is 9.85. The minimum absolute atomic E-state index is 0.0110. The lowest BCUT2D eigenvalue weighted by Crippen LogP contribution is -2.42. The number of amides is 2. The molecule has 3 N–H and O–H groups in total. The van der Waals surface area contributed by atoms with Crippen molar-refractivity contribution in [2.75, 3.05) is 17.3 Å². The van der Waals surface area contributed by atoms with Gasteiger partial charge >= 0.3 is 0 Å². The molecule has 1 aliphatic heterocycles. The third-order valence-electron chi connectivity index (χ3n) is 8.13. The van der Waals surface area contributed by atoms with Crippen LogP contribution in [0.4, 0.5) is 11.4 Å². The molecule has 182 valence electrons. The molecule has 2 amide bonds. The molecule has 3 aliphatic carbocycles. The maximum absolute atomic E-state index is 12.9. The van der Waals surface area contributed by atoms with E-state index in [2.05, 4.69) is 53.0 Å². The summed E-state index contributed by atoms with van der Waals surface area (Å²) in [6.07, 6.45) is 16.8. The fraction of sp³-hybridized carbons (Fsp3) is 0.571. The summed E-state index contributed by atoms with van der Waals surface area (Å²) in [4.78, 5) is 27.7. The molecule has 2 saturated carbocycles. The molecular formula is C28H38N4O2. The zero-order valence-electron chi connectivity index (χ0n) is 20.5. The van der Waals surface area contributed by atoms with Crippen molar-refractivity contribution in [3.8, 4) is 0 Å². The predicted molar refractivity (Wildman–Crippen MR) is 137 cm³/mol. The van der Waals surface area contributed by atoms with Gasteiger partial charge in [0.1, 0.15) is 6.17 Å². The first-order valence-corrected chi connectivity index (χ1v) is 13.1. The van der Waals surface area contributed by atoms with Crippen LogP contribution in [0.1, 0.15) is 75.1 Å². The van der Waals surface area contributed by atoms with Crippen molar-refractivity contribution in [2.45, 2.75) is 83.0 Å². The normalized spacial score (nSPS) is 27.2. The number of rotatable bonds is 5. The quantitative estimate of drug-likeness (QED) is 0.591. The number of hydrogen-bond acceptors (Lipinski definition) is 4. The third kappa shape index (κ3) is 4.73. The second-order valence-electron chi connectivity index (χ2n) is 10.6. The standard InChI is InChI=1S/C28H38N4O2/c1-18-16-20(12-14-23(18)31-27(33)19-8-6-7-9-19)26-30-24-15-13-21(17-25(24)32(26)2)28(34)29-22-10-4-3-5-11-22/h12-19,22-23,26,30H,3-11H2,1-2H3,(H,29,34)(H,31,33). The van der Waals surface area contributed by atoms with Gasteiger partial charge in [-0.05, 0) is 55.4 Å². The smallest absolute Gasteiger partial charge is 0.251 e. The van der Waals surface area contributed by atoms with Gasteiger partial charge in [0, 0.05) is 24.6 Å². The number of likely N-dealkylation sites (N-methyl/N-ethyl adjacent to an activating group) is 1. The molecule has 0 radical (unpaired) electrons. The fourth-order valence-electron chi connectivity index (χ4n) is 5.98. The van der Waals surface area contributed by atoms with E-state index in [0.717, 1.165) is 42.6 Å². The van der Waals surface area contributed by atoms with E-state index in [-0.39, 0.29) is 35.9 Å². The lowest BCUT2D eigenvalue weighted by atomic mass is 9.91. The number of hydrogen-bond donors (Lipinski definition) is 3. The van der Waals surface area contributed by atoms with E-state index in [1.807, 2.05) is 18.2 Å². The minimum Gasteiger partial charge on any atom is -0.360 e. The van der Waals surface area contributed by atoms with E-state index in [9.17, 15) is 9.59 Å². The maximum atomic E-state index is 12.9. The highest BCUT2D eigenvalue weighted by molar-refractivity contribution is 5.97. The lowest BCUT2D eigenvalue weighted by Gasteiger charge is -2.30. The summed E-state index contributed by atoms with van der Waals surface area (Å²) in [6, 6.07) is 6.28. The van der Waals surface area contributed by atoms with Crippen LogP contribution in [-0.4, -0.2) is 37.1 Å². The van der Waals surface area contributed by atoms with Crippen LogP contribution >= 0.6 is 0 Å². The molecule has 4 aliphatic rings. The van der Waals surface area contributed by atoms with E-state index in [4.69, 9.17) is 0 Å². The molecule has 34 heavy (non-hydrogen) atoms. The predicted octanol–water partition coefficient (Wildman–Crippen LogP) is 4.74. The van der Waals surface area contributed by atoms with Gasteiger partial charge in [-0.1, -0.05) is 57.3 Å².